The van der Waals surface area contributed by atoms with Gasteiger partial charge in [0.2, 0.25) is 11.8 Å². The molecule has 0 spiro atoms. The van der Waals surface area contributed by atoms with Crippen molar-refractivity contribution < 1.29 is 9.59 Å². The Morgan fingerprint density at radius 3 is 2.86 bits per heavy atom. The molecule has 2 N–H and O–H groups in total. The van der Waals surface area contributed by atoms with E-state index in [2.05, 4.69) is 10.6 Å². The lowest BCUT2D eigenvalue weighted by molar-refractivity contribution is -0.122. The number of benzene rings is 1. The first kappa shape index (κ1) is 16.1. The molecule has 1 fully saturated rings. The van der Waals surface area contributed by atoms with Crippen LogP contribution in [0, 0.1) is 0 Å². The van der Waals surface area contributed by atoms with Crippen molar-refractivity contribution in [3.8, 4) is 0 Å². The van der Waals surface area contributed by atoms with Crippen LogP contribution in [0.2, 0.25) is 10.0 Å². The first-order valence-corrected chi connectivity index (χ1v) is 7.49. The van der Waals surface area contributed by atoms with E-state index in [0.29, 0.717) is 41.8 Å². The van der Waals surface area contributed by atoms with Gasteiger partial charge in [-0.15, -0.1) is 0 Å². The zero-order chi connectivity index (χ0) is 15.4. The molecule has 5 nitrogen and oxygen atoms in total. The Morgan fingerprint density at radius 1 is 1.38 bits per heavy atom. The number of hydrogen-bond donors (Lipinski definition) is 2. The molecule has 2 amide bonds. The molecule has 1 heterocycles. The highest BCUT2D eigenvalue weighted by Crippen LogP contribution is 2.25. The molecule has 0 saturated carbocycles. The van der Waals surface area contributed by atoms with Gasteiger partial charge in [-0.25, -0.2) is 0 Å². The van der Waals surface area contributed by atoms with Crippen molar-refractivity contribution >= 4 is 40.7 Å². The standard InChI is InChI=1S/C14H17Cl2N3O2/c1-9(19-6-4-13(20)17-5-7-19)14(21)18-12-3-2-10(15)8-11(12)16/h2-3,8-9H,4-7H2,1H3,(H,17,20)(H,18,21). The molecule has 114 valence electrons. The van der Waals surface area contributed by atoms with Crippen LogP contribution in [0.1, 0.15) is 13.3 Å². The van der Waals surface area contributed by atoms with Gasteiger partial charge >= 0.3 is 0 Å². The van der Waals surface area contributed by atoms with Crippen LogP contribution >= 0.6 is 23.2 Å². The molecule has 1 unspecified atom stereocenters. The van der Waals surface area contributed by atoms with E-state index < -0.39 is 0 Å². The summed E-state index contributed by atoms with van der Waals surface area (Å²) in [5, 5.41) is 6.49. The minimum Gasteiger partial charge on any atom is -0.355 e. The van der Waals surface area contributed by atoms with Gasteiger partial charge in [-0.05, 0) is 25.1 Å². The normalized spacial score (nSPS) is 17.8. The highest BCUT2D eigenvalue weighted by molar-refractivity contribution is 6.36. The maximum absolute atomic E-state index is 12.3. The van der Waals surface area contributed by atoms with Crippen molar-refractivity contribution in [3.63, 3.8) is 0 Å². The summed E-state index contributed by atoms with van der Waals surface area (Å²) in [6, 6.07) is 4.58. The van der Waals surface area contributed by atoms with Gasteiger partial charge in [0.05, 0.1) is 16.8 Å². The molecule has 0 radical (unpaired) electrons. The van der Waals surface area contributed by atoms with Gasteiger partial charge < -0.3 is 10.6 Å². The minimum absolute atomic E-state index is 0.0193. The maximum atomic E-state index is 12.3. The summed E-state index contributed by atoms with van der Waals surface area (Å²) in [6.45, 7) is 3.58. The molecule has 7 heteroatoms. The first-order valence-electron chi connectivity index (χ1n) is 6.74. The third-order valence-electron chi connectivity index (χ3n) is 3.46. The summed E-state index contributed by atoms with van der Waals surface area (Å²) in [5.41, 5.74) is 0.530. The summed E-state index contributed by atoms with van der Waals surface area (Å²) in [5.74, 6) is -0.139. The molecule has 1 saturated heterocycles. The van der Waals surface area contributed by atoms with E-state index in [0.717, 1.165) is 0 Å². The highest BCUT2D eigenvalue weighted by atomic mass is 35.5. The van der Waals surface area contributed by atoms with Crippen LogP contribution in [-0.2, 0) is 9.59 Å². The van der Waals surface area contributed by atoms with Crippen LogP contribution in [0.4, 0.5) is 5.69 Å². The molecule has 2 rings (SSSR count). The van der Waals surface area contributed by atoms with Crippen molar-refractivity contribution in [2.75, 3.05) is 25.0 Å². The number of carbonyl (C=O) groups is 2. The smallest absolute Gasteiger partial charge is 0.241 e. The fourth-order valence-electron chi connectivity index (χ4n) is 2.17. The van der Waals surface area contributed by atoms with Crippen molar-refractivity contribution in [1.82, 2.24) is 10.2 Å². The molecule has 0 aromatic heterocycles. The predicted octanol–water partition coefficient (Wildman–Crippen LogP) is 2.14. The lowest BCUT2D eigenvalue weighted by atomic mass is 10.2. The quantitative estimate of drug-likeness (QED) is 0.893. The van der Waals surface area contributed by atoms with Crippen LogP contribution < -0.4 is 10.6 Å². The maximum Gasteiger partial charge on any atom is 0.241 e. The molecular formula is C14H17Cl2N3O2. The Bertz CT molecular complexity index is 551. The van der Waals surface area contributed by atoms with E-state index in [-0.39, 0.29) is 17.9 Å². The second-order valence-corrected chi connectivity index (χ2v) is 5.77. The Kier molecular flexibility index (Phi) is 5.45. The Hall–Kier alpha value is -1.30. The van der Waals surface area contributed by atoms with Crippen molar-refractivity contribution in [2.24, 2.45) is 0 Å². The molecule has 1 aromatic rings. The topological polar surface area (TPSA) is 61.4 Å². The number of nitrogens with zero attached hydrogens (tertiary/aromatic N) is 1. The fourth-order valence-corrected chi connectivity index (χ4v) is 2.62. The van der Waals surface area contributed by atoms with E-state index >= 15 is 0 Å². The average Bonchev–Trinajstić information content (AvgIpc) is 2.66. The van der Waals surface area contributed by atoms with Crippen LogP contribution in [0.15, 0.2) is 18.2 Å². The fraction of sp³-hybridized carbons (Fsp3) is 0.429. The zero-order valence-electron chi connectivity index (χ0n) is 11.7. The van der Waals surface area contributed by atoms with Crippen molar-refractivity contribution in [3.05, 3.63) is 28.2 Å². The Balaban J connectivity index is 2.00. The van der Waals surface area contributed by atoms with Crippen LogP contribution in [0.25, 0.3) is 0 Å². The minimum atomic E-state index is -0.343. The molecule has 21 heavy (non-hydrogen) atoms. The third-order valence-corrected chi connectivity index (χ3v) is 4.01. The summed E-state index contributed by atoms with van der Waals surface area (Å²) in [6.07, 6.45) is 0.402. The number of hydrogen-bond acceptors (Lipinski definition) is 3. The van der Waals surface area contributed by atoms with E-state index in [1.54, 1.807) is 18.2 Å². The van der Waals surface area contributed by atoms with Crippen LogP contribution in [0.5, 0.6) is 0 Å². The Labute approximate surface area is 133 Å². The highest BCUT2D eigenvalue weighted by Gasteiger charge is 2.24. The monoisotopic (exact) mass is 329 g/mol. The average molecular weight is 330 g/mol. The van der Waals surface area contributed by atoms with Gasteiger partial charge in [0.15, 0.2) is 0 Å². The first-order chi connectivity index (χ1) is 9.97. The molecular weight excluding hydrogens is 313 g/mol. The summed E-state index contributed by atoms with van der Waals surface area (Å²) < 4.78 is 0. The SMILES string of the molecule is CC(C(=O)Nc1ccc(Cl)cc1Cl)N1CCNC(=O)CC1. The molecule has 1 aromatic carbocycles. The third kappa shape index (κ3) is 4.33. The number of halogens is 2. The van der Waals surface area contributed by atoms with E-state index in [1.807, 2.05) is 11.8 Å². The number of anilines is 1. The second kappa shape index (κ2) is 7.11. The summed E-state index contributed by atoms with van der Waals surface area (Å²) in [4.78, 5) is 25.6. The van der Waals surface area contributed by atoms with Gasteiger partial charge in [-0.2, -0.15) is 0 Å². The molecule has 1 aliphatic rings. The lowest BCUT2D eigenvalue weighted by Crippen LogP contribution is -2.43. The van der Waals surface area contributed by atoms with Gasteiger partial charge in [-0.1, -0.05) is 23.2 Å². The van der Waals surface area contributed by atoms with Gasteiger partial charge in [0, 0.05) is 31.1 Å². The predicted molar refractivity (Wildman–Crippen MR) is 83.8 cm³/mol. The van der Waals surface area contributed by atoms with E-state index in [9.17, 15) is 9.59 Å². The molecule has 0 bridgehead atoms. The molecule has 1 atom stereocenters. The largest absolute Gasteiger partial charge is 0.355 e. The summed E-state index contributed by atoms with van der Waals surface area (Å²) >= 11 is 11.9. The van der Waals surface area contributed by atoms with Crippen molar-refractivity contribution in [1.29, 1.82) is 0 Å². The van der Waals surface area contributed by atoms with E-state index in [4.69, 9.17) is 23.2 Å². The van der Waals surface area contributed by atoms with Crippen molar-refractivity contribution in [2.45, 2.75) is 19.4 Å². The second-order valence-electron chi connectivity index (χ2n) is 4.93. The van der Waals surface area contributed by atoms with Gasteiger partial charge in [0.1, 0.15) is 0 Å². The van der Waals surface area contributed by atoms with E-state index in [1.165, 1.54) is 0 Å². The lowest BCUT2D eigenvalue weighted by Gasteiger charge is -2.26. The number of nitrogens with one attached hydrogen (secondary N) is 2. The molecule has 0 aliphatic carbocycles. The summed E-state index contributed by atoms with van der Waals surface area (Å²) in [7, 11) is 0. The number of carbonyl (C=O) groups excluding carboxylic acids is 2. The number of amides is 2. The zero-order valence-corrected chi connectivity index (χ0v) is 13.2. The Morgan fingerprint density at radius 2 is 2.14 bits per heavy atom. The van der Waals surface area contributed by atoms with Crippen LogP contribution in [-0.4, -0.2) is 42.4 Å². The van der Waals surface area contributed by atoms with Gasteiger partial charge in [-0.3, -0.25) is 14.5 Å². The van der Waals surface area contributed by atoms with Gasteiger partial charge in [0.25, 0.3) is 0 Å². The van der Waals surface area contributed by atoms with Crippen LogP contribution in [0.3, 0.4) is 0 Å². The molecule has 1 aliphatic heterocycles. The number of rotatable bonds is 3.